The molecule has 0 radical (unpaired) electrons. The number of aryl methyl sites for hydroxylation is 1. The minimum Gasteiger partial charge on any atom is -0.508 e. The van der Waals surface area contributed by atoms with Crippen LogP contribution in [0.15, 0.2) is 24.3 Å². The van der Waals surface area contributed by atoms with E-state index in [1.54, 1.807) is 0 Å². The number of aromatic hydroxyl groups is 1. The van der Waals surface area contributed by atoms with Gasteiger partial charge in [-0.1, -0.05) is 67.4 Å². The zero-order chi connectivity index (χ0) is 51.4. The average molecular weight is 981 g/mol. The van der Waals surface area contributed by atoms with Crippen LogP contribution < -0.4 is 15.4 Å². The Morgan fingerprint density at radius 1 is 0.882 bits per heavy atom. The van der Waals surface area contributed by atoms with E-state index in [2.05, 4.69) is 40.0 Å². The largest absolute Gasteiger partial charge is 0.508 e. The number of nitrogens with zero attached hydrogens (tertiary/aromatic N) is 4. The first-order valence-electron chi connectivity index (χ1n) is 23.0. The summed E-state index contributed by atoms with van der Waals surface area (Å²) in [4.78, 5) is 16.9. The maximum absolute atomic E-state index is 17.0. The monoisotopic (exact) mass is 980 g/mol. The van der Waals surface area contributed by atoms with E-state index in [9.17, 15) is 49.0 Å². The molecule has 0 spiro atoms. The quantitative estimate of drug-likeness (QED) is 0.0814. The van der Waals surface area contributed by atoms with Crippen LogP contribution in [0.2, 0.25) is 0 Å². The van der Waals surface area contributed by atoms with Crippen LogP contribution in [0.1, 0.15) is 112 Å². The van der Waals surface area contributed by atoms with Crippen molar-refractivity contribution in [3.05, 3.63) is 47.2 Å². The molecule has 5 heterocycles. The molecule has 0 saturated carbocycles. The third kappa shape index (κ3) is 12.2. The zero-order valence-electron chi connectivity index (χ0n) is 39.9. The SMILES string of the molecule is C#Cc1c(F)ccc2cc(O)cc(-c3nc4c5c(nc(OCC67CCCN6CCC7)nc5c3F)NC(CNCCC(C)C)CCC4)c12.CC.CC.CC.COC(C(F)(F)F)(C(F)(F)F)C(F)(F)F. The Bertz CT molecular complexity index is 2270. The second-order valence-electron chi connectivity index (χ2n) is 16.2. The summed E-state index contributed by atoms with van der Waals surface area (Å²) in [6.45, 7) is 20.6. The number of phenolic OH excluding ortho intramolecular Hbond substituents is 1. The maximum atomic E-state index is 17.0. The van der Waals surface area contributed by atoms with E-state index < -0.39 is 35.8 Å². The standard InChI is InChI=1S/C37H42F2N6O2.C5H3F9O.3C2H6/c1-4-26-28(38)11-10-23-18-25(46)19-27(30(23)26)33-32(39)34-31-29(42-33)9-5-8-24(20-40-15-12-22(2)3)41-35(31)44-36(43-34)47-21-37-13-6-16-45(37)17-7-14-37;1-15-2(3(6,7)8,4(9,10)11)5(12,13)14;3*1-2/h1,10-11,18-19,22,24,40,46H,5-9,12-17,20-21H2,2-3H3,(H,41,43,44);1H3;3*1-2H3. The predicted octanol–water partition coefficient (Wildman–Crippen LogP) is 12.7. The molecule has 0 amide bonds. The van der Waals surface area contributed by atoms with Crippen molar-refractivity contribution in [1.29, 1.82) is 0 Å². The van der Waals surface area contributed by atoms with Gasteiger partial charge in [-0.15, -0.1) is 6.42 Å². The Hall–Kier alpha value is -4.74. The number of rotatable bonds is 10. The van der Waals surface area contributed by atoms with Gasteiger partial charge in [0, 0.05) is 30.6 Å². The Kier molecular flexibility index (Phi) is 20.5. The number of phenols is 1. The van der Waals surface area contributed by atoms with Gasteiger partial charge in [-0.05, 0) is 101 Å². The Labute approximate surface area is 391 Å². The molecule has 4 aromatic rings. The van der Waals surface area contributed by atoms with Crippen LogP contribution in [0.3, 0.4) is 0 Å². The molecule has 1 atom stereocenters. The summed E-state index contributed by atoms with van der Waals surface area (Å²) in [6, 6.07) is 5.82. The summed E-state index contributed by atoms with van der Waals surface area (Å²) >= 11 is 0. The third-order valence-electron chi connectivity index (χ3n) is 11.7. The van der Waals surface area contributed by atoms with E-state index >= 15 is 4.39 Å². The van der Waals surface area contributed by atoms with Gasteiger partial charge in [0.1, 0.15) is 35.2 Å². The van der Waals surface area contributed by atoms with Crippen LogP contribution in [0, 0.1) is 29.9 Å². The lowest BCUT2D eigenvalue weighted by molar-refractivity contribution is -0.452. The van der Waals surface area contributed by atoms with Gasteiger partial charge in [-0.25, -0.2) is 13.8 Å². The van der Waals surface area contributed by atoms with Gasteiger partial charge < -0.3 is 25.2 Å². The number of ether oxygens (including phenoxy) is 2. The predicted molar refractivity (Wildman–Crippen MR) is 243 cm³/mol. The number of methoxy groups -OCH3 is 1. The van der Waals surface area contributed by atoms with Crippen molar-refractivity contribution in [2.75, 3.05) is 45.2 Å². The van der Waals surface area contributed by atoms with E-state index in [4.69, 9.17) is 26.1 Å². The summed E-state index contributed by atoms with van der Waals surface area (Å²) < 4.78 is 147. The first-order chi connectivity index (χ1) is 32.1. The van der Waals surface area contributed by atoms with Crippen LogP contribution >= 0.6 is 0 Å². The van der Waals surface area contributed by atoms with Crippen LogP contribution in [0.5, 0.6) is 11.8 Å². The summed E-state index contributed by atoms with van der Waals surface area (Å²) in [5.74, 6) is 2.11. The smallest absolute Gasteiger partial charge is 0.435 e. The summed E-state index contributed by atoms with van der Waals surface area (Å²) in [5.41, 5.74) is -5.33. The van der Waals surface area contributed by atoms with Crippen molar-refractivity contribution in [2.45, 2.75) is 142 Å². The molecule has 0 bridgehead atoms. The lowest BCUT2D eigenvalue weighted by atomic mass is 9.94. The summed E-state index contributed by atoms with van der Waals surface area (Å²) in [7, 11) is -0.311. The molecule has 3 N–H and O–H groups in total. The Morgan fingerprint density at radius 2 is 1.49 bits per heavy atom. The highest BCUT2D eigenvalue weighted by atomic mass is 19.4. The van der Waals surface area contributed by atoms with Gasteiger partial charge >= 0.3 is 30.1 Å². The first-order valence-corrected chi connectivity index (χ1v) is 23.0. The second-order valence-corrected chi connectivity index (χ2v) is 16.2. The molecule has 2 saturated heterocycles. The minimum absolute atomic E-state index is 0.0136. The number of nitrogens with one attached hydrogen (secondary N) is 2. The number of halogens is 11. The fraction of sp³-hybridized carbons (Fsp3) is 0.604. The van der Waals surface area contributed by atoms with Crippen molar-refractivity contribution in [3.63, 3.8) is 0 Å². The molecular formula is C48H63F11N6O3. The first kappa shape index (κ1) is 57.6. The Morgan fingerprint density at radius 3 is 2.01 bits per heavy atom. The number of anilines is 1. The highest BCUT2D eigenvalue weighted by Gasteiger charge is 2.85. The second kappa shape index (κ2) is 24.2. The number of terminal acetylenes is 1. The Balaban J connectivity index is 0.000000496. The fourth-order valence-corrected chi connectivity index (χ4v) is 8.60. The molecule has 0 aliphatic carbocycles. The van der Waals surface area contributed by atoms with E-state index in [0.29, 0.717) is 46.6 Å². The number of fused-ring (bicyclic) bond motifs is 2. The van der Waals surface area contributed by atoms with Crippen molar-refractivity contribution in [1.82, 2.24) is 25.2 Å². The van der Waals surface area contributed by atoms with E-state index in [1.165, 1.54) is 24.3 Å². The van der Waals surface area contributed by atoms with Gasteiger partial charge in [0.25, 0.3) is 0 Å². The van der Waals surface area contributed by atoms with Gasteiger partial charge in [0.2, 0.25) is 0 Å². The lowest BCUT2D eigenvalue weighted by Gasteiger charge is -2.36. The van der Waals surface area contributed by atoms with Crippen LogP contribution in [-0.4, -0.2) is 101 Å². The van der Waals surface area contributed by atoms with Crippen molar-refractivity contribution < 1.29 is 62.9 Å². The fourth-order valence-electron chi connectivity index (χ4n) is 8.60. The molecule has 2 aromatic carbocycles. The van der Waals surface area contributed by atoms with Crippen molar-refractivity contribution >= 4 is 27.5 Å². The maximum Gasteiger partial charge on any atom is 0.435 e. The number of alkyl halides is 9. The van der Waals surface area contributed by atoms with Crippen LogP contribution in [-0.2, 0) is 11.2 Å². The molecule has 3 aliphatic rings. The number of hydrogen-bond donors (Lipinski definition) is 3. The molecule has 20 heteroatoms. The van der Waals surface area contributed by atoms with E-state index in [-0.39, 0.29) is 52.8 Å². The summed E-state index contributed by atoms with van der Waals surface area (Å²) in [5, 5.41) is 19.1. The summed E-state index contributed by atoms with van der Waals surface area (Å²) in [6.07, 6.45) is -6.50. The average Bonchev–Trinajstić information content (AvgIpc) is 3.86. The van der Waals surface area contributed by atoms with Gasteiger partial charge in [-0.3, -0.25) is 4.90 Å². The normalized spacial score (nSPS) is 16.9. The van der Waals surface area contributed by atoms with Crippen LogP contribution in [0.4, 0.5) is 54.1 Å². The van der Waals surface area contributed by atoms with Crippen LogP contribution in [0.25, 0.3) is 32.9 Å². The van der Waals surface area contributed by atoms with Gasteiger partial charge in [0.15, 0.2) is 5.82 Å². The third-order valence-corrected chi connectivity index (χ3v) is 11.7. The number of aromatic nitrogens is 3. The lowest BCUT2D eigenvalue weighted by Crippen LogP contribution is -2.67. The molecule has 68 heavy (non-hydrogen) atoms. The van der Waals surface area contributed by atoms with E-state index in [0.717, 1.165) is 71.1 Å². The molecule has 7 rings (SSSR count). The molecule has 380 valence electrons. The molecule has 9 nitrogen and oxygen atoms in total. The molecule has 1 unspecified atom stereocenters. The van der Waals surface area contributed by atoms with Gasteiger partial charge in [-0.2, -0.15) is 49.5 Å². The number of pyridine rings is 1. The number of hydrogen-bond acceptors (Lipinski definition) is 9. The van der Waals surface area contributed by atoms with Gasteiger partial charge in [0.05, 0.1) is 22.2 Å². The van der Waals surface area contributed by atoms with E-state index in [1.807, 2.05) is 41.5 Å². The molecular weight excluding hydrogens is 918 g/mol. The molecule has 3 aliphatic heterocycles. The molecule has 2 fully saturated rings. The zero-order valence-corrected chi connectivity index (χ0v) is 39.9. The topological polar surface area (TPSA) is 105 Å². The molecule has 2 aromatic heterocycles. The highest BCUT2D eigenvalue weighted by molar-refractivity contribution is 6.03. The van der Waals surface area contributed by atoms with Crippen molar-refractivity contribution in [2.24, 2.45) is 5.92 Å². The van der Waals surface area contributed by atoms with Crippen molar-refractivity contribution in [3.8, 4) is 35.4 Å². The minimum atomic E-state index is -6.64. The highest BCUT2D eigenvalue weighted by Crippen LogP contribution is 2.54. The number of benzene rings is 2.